The lowest BCUT2D eigenvalue weighted by molar-refractivity contribution is 0.171. The fourth-order valence-electron chi connectivity index (χ4n) is 2.67. The molecular weight excluding hydrogens is 338 g/mol. The van der Waals surface area contributed by atoms with E-state index in [0.717, 1.165) is 5.56 Å². The van der Waals surface area contributed by atoms with E-state index in [2.05, 4.69) is 30.7 Å². The van der Waals surface area contributed by atoms with Gasteiger partial charge in [0, 0.05) is 12.6 Å². The van der Waals surface area contributed by atoms with Crippen LogP contribution in [-0.2, 0) is 16.4 Å². The molecule has 0 saturated heterocycles. The Hall–Kier alpha value is -2.05. The molecule has 1 aliphatic heterocycles. The van der Waals surface area contributed by atoms with E-state index in [9.17, 15) is 8.42 Å². The lowest BCUT2D eigenvalue weighted by Crippen LogP contribution is -2.26. The molecule has 0 radical (unpaired) electrons. The van der Waals surface area contributed by atoms with Gasteiger partial charge in [0.1, 0.15) is 13.2 Å². The van der Waals surface area contributed by atoms with Gasteiger partial charge in [0.15, 0.2) is 11.5 Å². The minimum Gasteiger partial charge on any atom is -0.486 e. The van der Waals surface area contributed by atoms with Crippen molar-refractivity contribution in [2.24, 2.45) is 0 Å². The Morgan fingerprint density at radius 1 is 1.00 bits per heavy atom. The fourth-order valence-corrected chi connectivity index (χ4v) is 3.72. The molecule has 2 aromatic rings. The summed E-state index contributed by atoms with van der Waals surface area (Å²) in [4.78, 5) is 0.187. The van der Waals surface area contributed by atoms with Gasteiger partial charge in [0.25, 0.3) is 0 Å². The standard InChI is InChI=1S/C19H23NO4S/c1-14(2)16-5-3-15(4-6-16)9-10-20-25(21,22)17-7-8-18-19(13-17)24-12-11-23-18/h3-8,13-14,20H,9-12H2,1-2H3. The van der Waals surface area contributed by atoms with E-state index < -0.39 is 10.0 Å². The van der Waals surface area contributed by atoms with Crippen LogP contribution in [0.1, 0.15) is 30.9 Å². The number of sulfonamides is 1. The molecule has 3 rings (SSSR count). The molecule has 0 bridgehead atoms. The molecule has 0 spiro atoms. The van der Waals surface area contributed by atoms with Crippen molar-refractivity contribution < 1.29 is 17.9 Å². The third kappa shape index (κ3) is 4.32. The summed E-state index contributed by atoms with van der Waals surface area (Å²) in [5.41, 5.74) is 2.38. The Labute approximate surface area is 149 Å². The van der Waals surface area contributed by atoms with Crippen LogP contribution < -0.4 is 14.2 Å². The SMILES string of the molecule is CC(C)c1ccc(CCNS(=O)(=O)c2ccc3c(c2)OCCO3)cc1. The Morgan fingerprint density at radius 2 is 1.68 bits per heavy atom. The highest BCUT2D eigenvalue weighted by molar-refractivity contribution is 7.89. The number of fused-ring (bicyclic) bond motifs is 1. The van der Waals surface area contributed by atoms with Crippen molar-refractivity contribution in [2.45, 2.75) is 31.1 Å². The number of hydrogen-bond acceptors (Lipinski definition) is 4. The monoisotopic (exact) mass is 361 g/mol. The molecule has 0 aromatic heterocycles. The zero-order valence-electron chi connectivity index (χ0n) is 14.5. The zero-order valence-corrected chi connectivity index (χ0v) is 15.3. The molecule has 0 amide bonds. The van der Waals surface area contributed by atoms with Gasteiger partial charge in [-0.15, -0.1) is 0 Å². The highest BCUT2D eigenvalue weighted by atomic mass is 32.2. The number of nitrogens with one attached hydrogen (secondary N) is 1. The number of hydrogen-bond donors (Lipinski definition) is 1. The van der Waals surface area contributed by atoms with E-state index in [-0.39, 0.29) is 4.90 Å². The largest absolute Gasteiger partial charge is 0.486 e. The average molecular weight is 361 g/mol. The maximum absolute atomic E-state index is 12.4. The molecule has 134 valence electrons. The molecular formula is C19H23NO4S. The third-order valence-corrected chi connectivity index (χ3v) is 5.63. The van der Waals surface area contributed by atoms with Gasteiger partial charge in [-0.3, -0.25) is 0 Å². The van der Waals surface area contributed by atoms with Crippen LogP contribution in [0.2, 0.25) is 0 Å². The molecule has 25 heavy (non-hydrogen) atoms. The van der Waals surface area contributed by atoms with Crippen LogP contribution in [0.5, 0.6) is 11.5 Å². The fraction of sp³-hybridized carbons (Fsp3) is 0.368. The summed E-state index contributed by atoms with van der Waals surface area (Å²) >= 11 is 0. The van der Waals surface area contributed by atoms with Gasteiger partial charge in [-0.1, -0.05) is 38.1 Å². The van der Waals surface area contributed by atoms with Gasteiger partial charge in [-0.25, -0.2) is 13.1 Å². The first-order chi connectivity index (χ1) is 12.0. The number of ether oxygens (including phenoxy) is 2. The van der Waals surface area contributed by atoms with Crippen molar-refractivity contribution in [2.75, 3.05) is 19.8 Å². The topological polar surface area (TPSA) is 64.6 Å². The summed E-state index contributed by atoms with van der Waals surface area (Å²) in [6.45, 7) is 5.55. The van der Waals surface area contributed by atoms with Crippen molar-refractivity contribution in [3.8, 4) is 11.5 Å². The third-order valence-electron chi connectivity index (χ3n) is 4.18. The second kappa shape index (κ2) is 7.45. The highest BCUT2D eigenvalue weighted by Gasteiger charge is 2.19. The minimum atomic E-state index is -3.57. The predicted molar refractivity (Wildman–Crippen MR) is 96.9 cm³/mol. The first-order valence-corrected chi connectivity index (χ1v) is 9.92. The molecule has 0 fully saturated rings. The molecule has 0 atom stereocenters. The Bertz CT molecular complexity index is 829. The van der Waals surface area contributed by atoms with E-state index in [1.54, 1.807) is 6.07 Å². The van der Waals surface area contributed by atoms with Crippen molar-refractivity contribution in [3.63, 3.8) is 0 Å². The molecule has 0 unspecified atom stereocenters. The summed E-state index contributed by atoms with van der Waals surface area (Å²) < 4.78 is 38.4. The van der Waals surface area contributed by atoms with Gasteiger partial charge >= 0.3 is 0 Å². The molecule has 1 aliphatic rings. The van der Waals surface area contributed by atoms with Gasteiger partial charge in [0.05, 0.1) is 4.90 Å². The van der Waals surface area contributed by atoms with Crippen molar-refractivity contribution in [1.29, 1.82) is 0 Å². The van der Waals surface area contributed by atoms with Gasteiger partial charge in [-0.2, -0.15) is 0 Å². The molecule has 6 heteroatoms. The first kappa shape index (κ1) is 17.8. The summed E-state index contributed by atoms with van der Waals surface area (Å²) in [5, 5.41) is 0. The number of benzene rings is 2. The van der Waals surface area contributed by atoms with Crippen LogP contribution in [0.15, 0.2) is 47.4 Å². The van der Waals surface area contributed by atoms with Crippen molar-refractivity contribution >= 4 is 10.0 Å². The quantitative estimate of drug-likeness (QED) is 0.859. The predicted octanol–water partition coefficient (Wildman–Crippen LogP) is 3.10. The van der Waals surface area contributed by atoms with E-state index in [4.69, 9.17) is 9.47 Å². The highest BCUT2D eigenvalue weighted by Crippen LogP contribution is 2.32. The molecule has 5 nitrogen and oxygen atoms in total. The van der Waals surface area contributed by atoms with E-state index in [0.29, 0.717) is 43.6 Å². The second-order valence-corrected chi connectivity index (χ2v) is 8.12. The van der Waals surface area contributed by atoms with E-state index >= 15 is 0 Å². The Balaban J connectivity index is 1.62. The van der Waals surface area contributed by atoms with Gasteiger partial charge < -0.3 is 9.47 Å². The summed E-state index contributed by atoms with van der Waals surface area (Å²) in [6.07, 6.45) is 0.641. The van der Waals surface area contributed by atoms with Crippen LogP contribution in [0, 0.1) is 0 Å². The van der Waals surface area contributed by atoms with Crippen LogP contribution in [0.3, 0.4) is 0 Å². The Kier molecular flexibility index (Phi) is 5.30. The van der Waals surface area contributed by atoms with Gasteiger partial charge in [0.2, 0.25) is 10.0 Å². The maximum atomic E-state index is 12.4. The maximum Gasteiger partial charge on any atom is 0.240 e. The van der Waals surface area contributed by atoms with Crippen LogP contribution in [0.4, 0.5) is 0 Å². The average Bonchev–Trinajstić information content (AvgIpc) is 2.61. The van der Waals surface area contributed by atoms with Crippen molar-refractivity contribution in [3.05, 3.63) is 53.6 Å². The second-order valence-electron chi connectivity index (χ2n) is 6.35. The minimum absolute atomic E-state index is 0.187. The molecule has 0 saturated carbocycles. The Morgan fingerprint density at radius 3 is 2.36 bits per heavy atom. The lowest BCUT2D eigenvalue weighted by Gasteiger charge is -2.19. The van der Waals surface area contributed by atoms with Crippen molar-refractivity contribution in [1.82, 2.24) is 4.72 Å². The lowest BCUT2D eigenvalue weighted by atomic mass is 10.0. The molecule has 1 N–H and O–H groups in total. The summed E-state index contributed by atoms with van der Waals surface area (Å²) in [5.74, 6) is 1.54. The summed E-state index contributed by atoms with van der Waals surface area (Å²) in [6, 6.07) is 13.0. The molecule has 0 aliphatic carbocycles. The van der Waals surface area contributed by atoms with Crippen LogP contribution in [0.25, 0.3) is 0 Å². The first-order valence-electron chi connectivity index (χ1n) is 8.44. The smallest absolute Gasteiger partial charge is 0.240 e. The van der Waals surface area contributed by atoms with Gasteiger partial charge in [-0.05, 0) is 35.6 Å². The summed E-state index contributed by atoms with van der Waals surface area (Å²) in [7, 11) is -3.57. The zero-order chi connectivity index (χ0) is 17.9. The van der Waals surface area contributed by atoms with Crippen LogP contribution in [-0.4, -0.2) is 28.2 Å². The van der Waals surface area contributed by atoms with E-state index in [1.807, 2.05) is 12.1 Å². The van der Waals surface area contributed by atoms with E-state index in [1.165, 1.54) is 17.7 Å². The number of rotatable bonds is 6. The van der Waals surface area contributed by atoms with Crippen LogP contribution >= 0.6 is 0 Å². The normalized spacial score (nSPS) is 13.9. The molecule has 2 aromatic carbocycles. The molecule has 1 heterocycles.